The number of carboxylic acids is 1. The minimum Gasteiger partial charge on any atom is -0.481 e. The van der Waals surface area contributed by atoms with Gasteiger partial charge in [-0.05, 0) is 39.2 Å². The molecule has 0 unspecified atom stereocenters. The van der Waals surface area contributed by atoms with Gasteiger partial charge in [0.05, 0.1) is 17.3 Å². The molecule has 3 rings (SSSR count). The number of rotatable bonds is 7. The quantitative estimate of drug-likeness (QED) is 0.780. The summed E-state index contributed by atoms with van der Waals surface area (Å²) in [5.74, 6) is -0.658. The van der Waals surface area contributed by atoms with E-state index in [0.717, 1.165) is 18.5 Å². The van der Waals surface area contributed by atoms with Crippen molar-refractivity contribution >= 4 is 27.1 Å². The molecule has 2 aromatic rings. The van der Waals surface area contributed by atoms with Crippen LogP contribution in [0.4, 0.5) is 0 Å². The maximum Gasteiger partial charge on any atom is 0.303 e. The standard InChI is InChI=1S/C15H19N3O5S/c1-15(2,6-5-12(19)20)18-24(21,22)10-7-11-13(9-3-4-9)17-23-14(11)16-8-10/h7-9,18H,3-6H2,1-2H3,(H,19,20). The highest BCUT2D eigenvalue weighted by atomic mass is 32.2. The second-order valence-corrected chi connectivity index (χ2v) is 8.43. The number of carbonyl (C=O) groups is 1. The van der Waals surface area contributed by atoms with Crippen molar-refractivity contribution in [3.8, 4) is 0 Å². The topological polar surface area (TPSA) is 122 Å². The summed E-state index contributed by atoms with van der Waals surface area (Å²) in [6.45, 7) is 3.29. The summed E-state index contributed by atoms with van der Waals surface area (Å²) in [7, 11) is -3.83. The molecule has 1 saturated carbocycles. The highest BCUT2D eigenvalue weighted by molar-refractivity contribution is 7.89. The minimum atomic E-state index is -3.83. The number of nitrogens with one attached hydrogen (secondary N) is 1. The number of aromatic nitrogens is 2. The summed E-state index contributed by atoms with van der Waals surface area (Å²) in [5, 5.41) is 13.4. The van der Waals surface area contributed by atoms with E-state index < -0.39 is 21.5 Å². The Kier molecular flexibility index (Phi) is 4.08. The maximum atomic E-state index is 12.6. The van der Waals surface area contributed by atoms with Crippen molar-refractivity contribution in [2.24, 2.45) is 0 Å². The van der Waals surface area contributed by atoms with Crippen LogP contribution >= 0.6 is 0 Å². The Bertz CT molecular complexity index is 884. The van der Waals surface area contributed by atoms with E-state index in [9.17, 15) is 13.2 Å². The monoisotopic (exact) mass is 353 g/mol. The van der Waals surface area contributed by atoms with Crippen molar-refractivity contribution in [1.29, 1.82) is 0 Å². The Balaban J connectivity index is 1.87. The lowest BCUT2D eigenvalue weighted by atomic mass is 10.0. The molecule has 0 atom stereocenters. The lowest BCUT2D eigenvalue weighted by Gasteiger charge is -2.25. The third-order valence-electron chi connectivity index (χ3n) is 3.98. The molecular formula is C15H19N3O5S. The molecule has 0 saturated heterocycles. The van der Waals surface area contributed by atoms with Crippen molar-refractivity contribution in [2.45, 2.75) is 55.9 Å². The largest absolute Gasteiger partial charge is 0.481 e. The van der Waals surface area contributed by atoms with Crippen LogP contribution < -0.4 is 4.72 Å². The molecule has 1 fully saturated rings. The van der Waals surface area contributed by atoms with Gasteiger partial charge in [-0.15, -0.1) is 0 Å². The highest BCUT2D eigenvalue weighted by Crippen LogP contribution is 2.42. The Morgan fingerprint density at radius 1 is 1.46 bits per heavy atom. The van der Waals surface area contributed by atoms with E-state index in [-0.39, 0.29) is 17.7 Å². The first kappa shape index (κ1) is 16.8. The number of hydrogen-bond acceptors (Lipinski definition) is 6. The summed E-state index contributed by atoms with van der Waals surface area (Å²) in [6.07, 6.45) is 3.31. The van der Waals surface area contributed by atoms with E-state index in [2.05, 4.69) is 14.9 Å². The predicted molar refractivity (Wildman–Crippen MR) is 85.0 cm³/mol. The van der Waals surface area contributed by atoms with Crippen LogP contribution in [0.5, 0.6) is 0 Å². The number of carboxylic acid groups (broad SMARTS) is 1. The van der Waals surface area contributed by atoms with Crippen molar-refractivity contribution in [3.63, 3.8) is 0 Å². The van der Waals surface area contributed by atoms with E-state index in [1.807, 2.05) is 0 Å². The van der Waals surface area contributed by atoms with Gasteiger partial charge in [-0.25, -0.2) is 18.1 Å². The normalized spacial score (nSPS) is 15.8. The lowest BCUT2D eigenvalue weighted by Crippen LogP contribution is -2.43. The Labute approximate surface area is 139 Å². The van der Waals surface area contributed by atoms with Crippen LogP contribution in [0.1, 0.15) is 51.1 Å². The number of pyridine rings is 1. The maximum absolute atomic E-state index is 12.6. The smallest absolute Gasteiger partial charge is 0.303 e. The molecule has 1 aliphatic rings. The van der Waals surface area contributed by atoms with Crippen molar-refractivity contribution < 1.29 is 22.8 Å². The van der Waals surface area contributed by atoms with Crippen LogP contribution in [0.3, 0.4) is 0 Å². The molecule has 0 aromatic carbocycles. The molecule has 2 heterocycles. The van der Waals surface area contributed by atoms with Crippen molar-refractivity contribution in [3.05, 3.63) is 18.0 Å². The van der Waals surface area contributed by atoms with Crippen molar-refractivity contribution in [1.82, 2.24) is 14.9 Å². The second kappa shape index (κ2) is 5.82. The van der Waals surface area contributed by atoms with E-state index in [4.69, 9.17) is 9.63 Å². The fourth-order valence-corrected chi connectivity index (χ4v) is 3.93. The fraction of sp³-hybridized carbons (Fsp3) is 0.533. The van der Waals surface area contributed by atoms with Gasteiger partial charge in [0.15, 0.2) is 0 Å². The first-order valence-electron chi connectivity index (χ1n) is 7.69. The van der Waals surface area contributed by atoms with Gasteiger partial charge in [-0.3, -0.25) is 4.79 Å². The molecule has 24 heavy (non-hydrogen) atoms. The molecule has 2 aromatic heterocycles. The zero-order valence-corrected chi connectivity index (χ0v) is 14.3. The van der Waals surface area contributed by atoms with E-state index in [0.29, 0.717) is 17.0 Å². The zero-order chi connectivity index (χ0) is 17.5. The summed E-state index contributed by atoms with van der Waals surface area (Å²) >= 11 is 0. The molecule has 0 spiro atoms. The average molecular weight is 353 g/mol. The summed E-state index contributed by atoms with van der Waals surface area (Å²) in [6, 6.07) is 1.52. The van der Waals surface area contributed by atoms with E-state index in [1.54, 1.807) is 13.8 Å². The zero-order valence-electron chi connectivity index (χ0n) is 13.4. The SMILES string of the molecule is CC(C)(CCC(=O)O)NS(=O)(=O)c1cnc2onc(C3CC3)c2c1. The van der Waals surface area contributed by atoms with Gasteiger partial charge >= 0.3 is 5.97 Å². The van der Waals surface area contributed by atoms with Crippen LogP contribution in [0.15, 0.2) is 21.7 Å². The Morgan fingerprint density at radius 3 is 2.79 bits per heavy atom. The van der Waals surface area contributed by atoms with E-state index >= 15 is 0 Å². The van der Waals surface area contributed by atoms with Crippen LogP contribution in [0.2, 0.25) is 0 Å². The van der Waals surface area contributed by atoms with Crippen LogP contribution in [0.25, 0.3) is 11.1 Å². The molecule has 8 nitrogen and oxygen atoms in total. The number of hydrogen-bond donors (Lipinski definition) is 2. The van der Waals surface area contributed by atoms with Gasteiger partial charge in [0.1, 0.15) is 4.90 Å². The van der Waals surface area contributed by atoms with E-state index in [1.165, 1.54) is 12.3 Å². The minimum absolute atomic E-state index is 0.0171. The molecule has 130 valence electrons. The summed E-state index contributed by atoms with van der Waals surface area (Å²) < 4.78 is 32.9. The Morgan fingerprint density at radius 2 is 2.17 bits per heavy atom. The van der Waals surface area contributed by atoms with Gasteiger partial charge in [-0.1, -0.05) is 5.16 Å². The van der Waals surface area contributed by atoms with Gasteiger partial charge < -0.3 is 9.63 Å². The van der Waals surface area contributed by atoms with Gasteiger partial charge in [0.2, 0.25) is 10.0 Å². The Hall–Kier alpha value is -2.00. The summed E-state index contributed by atoms with van der Waals surface area (Å²) in [5.41, 5.74) is 0.181. The lowest BCUT2D eigenvalue weighted by molar-refractivity contribution is -0.137. The molecule has 0 radical (unpaired) electrons. The first-order valence-corrected chi connectivity index (χ1v) is 9.17. The molecule has 2 N–H and O–H groups in total. The van der Waals surface area contributed by atoms with Crippen LogP contribution in [-0.2, 0) is 14.8 Å². The average Bonchev–Trinajstić information content (AvgIpc) is 3.23. The predicted octanol–water partition coefficient (Wildman–Crippen LogP) is 2.02. The van der Waals surface area contributed by atoms with Gasteiger partial charge in [-0.2, -0.15) is 0 Å². The molecule has 1 aliphatic carbocycles. The first-order chi connectivity index (χ1) is 11.2. The van der Waals surface area contributed by atoms with Gasteiger partial charge in [0.25, 0.3) is 5.71 Å². The molecule has 9 heteroatoms. The van der Waals surface area contributed by atoms with Crippen LogP contribution in [-0.4, -0.2) is 35.2 Å². The fourth-order valence-electron chi connectivity index (χ4n) is 2.52. The van der Waals surface area contributed by atoms with Crippen molar-refractivity contribution in [2.75, 3.05) is 0 Å². The third-order valence-corrected chi connectivity index (χ3v) is 5.65. The molecular weight excluding hydrogens is 334 g/mol. The second-order valence-electron chi connectivity index (χ2n) is 6.75. The molecule has 0 bridgehead atoms. The number of aliphatic carboxylic acids is 1. The number of nitrogens with zero attached hydrogens (tertiary/aromatic N) is 2. The van der Waals surface area contributed by atoms with Crippen LogP contribution in [0, 0.1) is 0 Å². The summed E-state index contributed by atoms with van der Waals surface area (Å²) in [4.78, 5) is 14.8. The number of fused-ring (bicyclic) bond motifs is 1. The molecule has 0 aliphatic heterocycles. The highest BCUT2D eigenvalue weighted by Gasteiger charge is 2.31. The number of sulfonamides is 1. The van der Waals surface area contributed by atoms with Gasteiger partial charge in [0, 0.05) is 17.9 Å². The third kappa shape index (κ3) is 3.57. The molecule has 0 amide bonds.